The highest BCUT2D eigenvalue weighted by Gasteiger charge is 2.05. The van der Waals surface area contributed by atoms with Gasteiger partial charge >= 0.3 is 5.97 Å². The van der Waals surface area contributed by atoms with Gasteiger partial charge in [-0.25, -0.2) is 4.99 Å². The number of aliphatic imine (C=N–C) groups is 1. The number of amidine groups is 1. The van der Waals surface area contributed by atoms with Crippen LogP contribution >= 0.6 is 0 Å². The second-order valence-corrected chi connectivity index (χ2v) is 6.71. The number of methoxy groups -OCH3 is 1. The zero-order valence-corrected chi connectivity index (χ0v) is 16.7. The predicted molar refractivity (Wildman–Crippen MR) is 110 cm³/mol. The van der Waals surface area contributed by atoms with Crippen molar-refractivity contribution >= 4 is 23.2 Å². The average molecular weight is 368 g/mol. The van der Waals surface area contributed by atoms with Crippen LogP contribution in [-0.2, 0) is 16.0 Å². The molecule has 0 aliphatic carbocycles. The first-order valence-electron chi connectivity index (χ1n) is 9.12. The molecule has 0 amide bonds. The van der Waals surface area contributed by atoms with Gasteiger partial charge in [0.2, 0.25) is 0 Å². The van der Waals surface area contributed by atoms with Crippen molar-refractivity contribution in [3.05, 3.63) is 53.6 Å². The van der Waals surface area contributed by atoms with E-state index in [0.29, 0.717) is 12.8 Å². The van der Waals surface area contributed by atoms with Gasteiger partial charge in [-0.2, -0.15) is 0 Å². The van der Waals surface area contributed by atoms with Crippen LogP contribution in [0.25, 0.3) is 0 Å². The Hall–Kier alpha value is -2.82. The van der Waals surface area contributed by atoms with E-state index >= 15 is 0 Å². The fourth-order valence-electron chi connectivity index (χ4n) is 2.59. The first-order valence-corrected chi connectivity index (χ1v) is 9.12. The van der Waals surface area contributed by atoms with Gasteiger partial charge in [0.25, 0.3) is 0 Å². The van der Waals surface area contributed by atoms with E-state index in [4.69, 9.17) is 14.5 Å². The lowest BCUT2D eigenvalue weighted by molar-refractivity contribution is -0.140. The summed E-state index contributed by atoms with van der Waals surface area (Å²) in [6.45, 7) is 7.96. The molecule has 2 aromatic carbocycles. The van der Waals surface area contributed by atoms with Gasteiger partial charge in [-0.15, -0.1) is 0 Å². The summed E-state index contributed by atoms with van der Waals surface area (Å²) in [6.07, 6.45) is 1.16. The van der Waals surface area contributed by atoms with Crippen molar-refractivity contribution in [2.45, 2.75) is 46.6 Å². The van der Waals surface area contributed by atoms with Crippen LogP contribution in [0.3, 0.4) is 0 Å². The number of rotatable bonds is 7. The van der Waals surface area contributed by atoms with Crippen molar-refractivity contribution in [3.63, 3.8) is 0 Å². The number of hydrogen-bond donors (Lipinski definition) is 1. The van der Waals surface area contributed by atoms with Gasteiger partial charge in [-0.1, -0.05) is 12.1 Å². The summed E-state index contributed by atoms with van der Waals surface area (Å²) in [5, 5.41) is 3.30. The van der Waals surface area contributed by atoms with E-state index in [-0.39, 0.29) is 12.1 Å². The van der Waals surface area contributed by atoms with Crippen LogP contribution in [0.1, 0.15) is 38.3 Å². The third-order valence-corrected chi connectivity index (χ3v) is 3.96. The van der Waals surface area contributed by atoms with Crippen molar-refractivity contribution in [1.29, 1.82) is 0 Å². The van der Waals surface area contributed by atoms with Gasteiger partial charge in [-0.05, 0) is 75.6 Å². The molecule has 0 saturated heterocycles. The number of carbonyl (C=O) groups excluding carboxylic acids is 1. The number of nitrogens with one attached hydrogen (secondary N) is 1. The molecular weight excluding hydrogens is 340 g/mol. The fourth-order valence-corrected chi connectivity index (χ4v) is 2.59. The summed E-state index contributed by atoms with van der Waals surface area (Å²) >= 11 is 0. The van der Waals surface area contributed by atoms with Gasteiger partial charge < -0.3 is 14.8 Å². The van der Waals surface area contributed by atoms with Crippen molar-refractivity contribution in [2.24, 2.45) is 4.99 Å². The number of aryl methyl sites for hydroxylation is 2. The van der Waals surface area contributed by atoms with Crippen LogP contribution < -0.4 is 10.1 Å². The van der Waals surface area contributed by atoms with Crippen LogP contribution in [0, 0.1) is 6.92 Å². The highest BCUT2D eigenvalue weighted by atomic mass is 16.5. The van der Waals surface area contributed by atoms with E-state index in [9.17, 15) is 4.79 Å². The van der Waals surface area contributed by atoms with Crippen molar-refractivity contribution in [2.75, 3.05) is 12.4 Å². The molecule has 2 aromatic rings. The molecule has 1 N–H and O–H groups in total. The number of benzene rings is 2. The minimum absolute atomic E-state index is 0.154. The number of hydrogen-bond acceptors (Lipinski definition) is 4. The van der Waals surface area contributed by atoms with Gasteiger partial charge in [-0.3, -0.25) is 4.79 Å². The molecule has 0 aliphatic rings. The number of ether oxygens (including phenoxy) is 2. The first kappa shape index (κ1) is 20.5. The molecule has 0 spiro atoms. The van der Waals surface area contributed by atoms with E-state index in [2.05, 4.69) is 5.32 Å². The first-order chi connectivity index (χ1) is 12.9. The normalized spacial score (nSPS) is 11.4. The van der Waals surface area contributed by atoms with Gasteiger partial charge in [0.05, 0.1) is 18.9 Å². The average Bonchev–Trinajstić information content (AvgIpc) is 2.63. The van der Waals surface area contributed by atoms with Crippen LogP contribution in [-0.4, -0.2) is 25.0 Å². The van der Waals surface area contributed by atoms with E-state index in [1.807, 2.05) is 70.2 Å². The van der Waals surface area contributed by atoms with Crippen LogP contribution in [0.2, 0.25) is 0 Å². The molecule has 5 heteroatoms. The molecule has 0 aliphatic heterocycles. The molecule has 144 valence electrons. The summed E-state index contributed by atoms with van der Waals surface area (Å²) in [5.74, 6) is 1.43. The molecule has 5 nitrogen and oxygen atoms in total. The number of carbonyl (C=O) groups is 1. The maximum absolute atomic E-state index is 11.3. The fraction of sp³-hybridized carbons (Fsp3) is 0.364. The lowest BCUT2D eigenvalue weighted by Gasteiger charge is -2.11. The van der Waals surface area contributed by atoms with Crippen LogP contribution in [0.4, 0.5) is 11.4 Å². The molecule has 0 radical (unpaired) electrons. The molecule has 0 saturated carbocycles. The standard InChI is InChI=1S/C22H28N2O3/c1-15(2)27-20-11-9-19(10-12-20)23-17(4)24-21-14-18(7-6-16(21)3)8-13-22(25)26-5/h6-7,9-12,14-15H,8,13H2,1-5H3,(H,23,24). The van der Waals surface area contributed by atoms with Gasteiger partial charge in [0, 0.05) is 12.1 Å². The quantitative estimate of drug-likeness (QED) is 0.422. The molecule has 0 heterocycles. The molecule has 0 unspecified atom stereocenters. The lowest BCUT2D eigenvalue weighted by Crippen LogP contribution is -2.08. The molecule has 2 rings (SSSR count). The second kappa shape index (κ2) is 9.76. The topological polar surface area (TPSA) is 59.9 Å². The summed E-state index contributed by atoms with van der Waals surface area (Å²) in [4.78, 5) is 16.0. The zero-order chi connectivity index (χ0) is 19.8. The molecule has 0 fully saturated rings. The SMILES string of the molecule is COC(=O)CCc1ccc(C)c(N=C(C)Nc2ccc(OC(C)C)cc2)c1. The lowest BCUT2D eigenvalue weighted by atomic mass is 10.1. The Labute approximate surface area is 161 Å². The van der Waals surface area contributed by atoms with E-state index < -0.39 is 0 Å². The van der Waals surface area contributed by atoms with Crippen molar-refractivity contribution in [1.82, 2.24) is 0 Å². The highest BCUT2D eigenvalue weighted by molar-refractivity contribution is 5.95. The third-order valence-electron chi connectivity index (χ3n) is 3.96. The van der Waals surface area contributed by atoms with Crippen LogP contribution in [0.15, 0.2) is 47.5 Å². The minimum atomic E-state index is -0.205. The Morgan fingerprint density at radius 1 is 1.15 bits per heavy atom. The number of nitrogens with zero attached hydrogens (tertiary/aromatic N) is 1. The maximum atomic E-state index is 11.3. The summed E-state index contributed by atoms with van der Waals surface area (Å²) < 4.78 is 10.4. The Balaban J connectivity index is 2.06. The molecule has 27 heavy (non-hydrogen) atoms. The molecule has 0 atom stereocenters. The maximum Gasteiger partial charge on any atom is 0.305 e. The van der Waals surface area contributed by atoms with E-state index in [0.717, 1.165) is 34.1 Å². The van der Waals surface area contributed by atoms with E-state index in [1.54, 1.807) is 0 Å². The van der Waals surface area contributed by atoms with E-state index in [1.165, 1.54) is 7.11 Å². The van der Waals surface area contributed by atoms with Crippen molar-refractivity contribution < 1.29 is 14.3 Å². The van der Waals surface area contributed by atoms with Crippen LogP contribution in [0.5, 0.6) is 5.75 Å². The third kappa shape index (κ3) is 6.77. The Kier molecular flexibility index (Phi) is 7.41. The minimum Gasteiger partial charge on any atom is -0.491 e. The molecular formula is C22H28N2O3. The summed E-state index contributed by atoms with van der Waals surface area (Å²) in [7, 11) is 1.41. The highest BCUT2D eigenvalue weighted by Crippen LogP contribution is 2.22. The Morgan fingerprint density at radius 2 is 1.85 bits per heavy atom. The van der Waals surface area contributed by atoms with Gasteiger partial charge in [0.15, 0.2) is 0 Å². The molecule has 0 aromatic heterocycles. The van der Waals surface area contributed by atoms with Gasteiger partial charge in [0.1, 0.15) is 11.6 Å². The Morgan fingerprint density at radius 3 is 2.48 bits per heavy atom. The predicted octanol–water partition coefficient (Wildman–Crippen LogP) is 5.05. The smallest absolute Gasteiger partial charge is 0.305 e. The number of esters is 1. The molecule has 0 bridgehead atoms. The summed E-state index contributed by atoms with van der Waals surface area (Å²) in [6, 6.07) is 13.9. The zero-order valence-electron chi connectivity index (χ0n) is 16.7. The van der Waals surface area contributed by atoms with Crippen molar-refractivity contribution in [3.8, 4) is 5.75 Å². The number of anilines is 1. The monoisotopic (exact) mass is 368 g/mol. The second-order valence-electron chi connectivity index (χ2n) is 6.71. The largest absolute Gasteiger partial charge is 0.491 e. The summed E-state index contributed by atoms with van der Waals surface area (Å²) in [5.41, 5.74) is 3.99. The Bertz CT molecular complexity index is 796.